The molecule has 0 aliphatic heterocycles. The largest absolute Gasteiger partial charge is 0.453 e. The van der Waals surface area contributed by atoms with Gasteiger partial charge >= 0.3 is 6.09 Å². The summed E-state index contributed by atoms with van der Waals surface area (Å²) >= 11 is 0. The van der Waals surface area contributed by atoms with Gasteiger partial charge in [0.1, 0.15) is 6.04 Å². The lowest BCUT2D eigenvalue weighted by molar-refractivity contribution is -0.486. The maximum absolute atomic E-state index is 10.9. The number of ether oxygens (including phenoxy) is 1. The highest BCUT2D eigenvalue weighted by molar-refractivity contribution is 5.67. The molecule has 1 N–H and O–H groups in total. The minimum absolute atomic E-state index is 0.307. The van der Waals surface area contributed by atoms with E-state index in [9.17, 15) is 14.9 Å². The fraction of sp³-hybridized carbons (Fsp3) is 0.875. The molecule has 0 aromatic heterocycles. The van der Waals surface area contributed by atoms with Crippen LogP contribution in [-0.4, -0.2) is 30.7 Å². The third-order valence-electron chi connectivity index (χ3n) is 1.85. The van der Waals surface area contributed by atoms with E-state index in [-0.39, 0.29) is 12.0 Å². The molecule has 1 atom stereocenters. The van der Waals surface area contributed by atoms with Crippen LogP contribution in [0.1, 0.15) is 20.8 Å². The standard InChI is InChI=1S/C8H16N2O4/c1-8(2,3)6(5-10(12)13)9-7(11)14-4/h6H,5H2,1-4H3,(H,9,11)/t6-/m0/s1. The number of alkyl carbamates (subject to hydrolysis) is 1. The number of nitrogens with zero attached hydrogens (tertiary/aromatic N) is 1. The molecule has 0 aromatic carbocycles. The Labute approximate surface area is 82.8 Å². The maximum atomic E-state index is 10.9. The first-order valence-corrected chi connectivity index (χ1v) is 4.23. The van der Waals surface area contributed by atoms with Gasteiger partial charge in [0.2, 0.25) is 6.54 Å². The van der Waals surface area contributed by atoms with Gasteiger partial charge in [0.05, 0.1) is 7.11 Å². The molecule has 1 amide bonds. The lowest BCUT2D eigenvalue weighted by Crippen LogP contribution is -2.47. The molecule has 0 heterocycles. The molecule has 6 nitrogen and oxygen atoms in total. The van der Waals surface area contributed by atoms with E-state index in [2.05, 4.69) is 10.1 Å². The number of hydrogen-bond acceptors (Lipinski definition) is 4. The number of nitrogens with one attached hydrogen (secondary N) is 1. The first-order valence-electron chi connectivity index (χ1n) is 4.23. The molecule has 0 aromatic rings. The zero-order valence-corrected chi connectivity index (χ0v) is 8.86. The number of rotatable bonds is 3. The van der Waals surface area contributed by atoms with E-state index < -0.39 is 17.1 Å². The Balaban J connectivity index is 4.41. The van der Waals surface area contributed by atoms with E-state index >= 15 is 0 Å². The van der Waals surface area contributed by atoms with Crippen LogP contribution in [0.15, 0.2) is 0 Å². The minimum Gasteiger partial charge on any atom is -0.453 e. The summed E-state index contributed by atoms with van der Waals surface area (Å²) in [4.78, 5) is 20.8. The quantitative estimate of drug-likeness (QED) is 0.550. The number of amides is 1. The summed E-state index contributed by atoms with van der Waals surface area (Å²) in [5, 5.41) is 12.8. The lowest BCUT2D eigenvalue weighted by Gasteiger charge is -2.27. The summed E-state index contributed by atoms with van der Waals surface area (Å²) in [7, 11) is 1.22. The van der Waals surface area contributed by atoms with Crippen LogP contribution in [0.25, 0.3) is 0 Å². The zero-order valence-electron chi connectivity index (χ0n) is 8.86. The van der Waals surface area contributed by atoms with E-state index in [1.165, 1.54) is 7.11 Å². The van der Waals surface area contributed by atoms with Gasteiger partial charge < -0.3 is 10.1 Å². The Kier molecular flexibility index (Phi) is 4.33. The van der Waals surface area contributed by atoms with Crippen LogP contribution in [-0.2, 0) is 4.74 Å². The monoisotopic (exact) mass is 204 g/mol. The molecule has 0 fully saturated rings. The van der Waals surface area contributed by atoms with Crippen molar-refractivity contribution in [3.8, 4) is 0 Å². The molecule has 0 aliphatic carbocycles. The van der Waals surface area contributed by atoms with Crippen LogP contribution in [0, 0.1) is 15.5 Å². The van der Waals surface area contributed by atoms with E-state index in [0.29, 0.717) is 0 Å². The molecule has 14 heavy (non-hydrogen) atoms. The predicted molar refractivity (Wildman–Crippen MR) is 50.6 cm³/mol. The van der Waals surface area contributed by atoms with Crippen molar-refractivity contribution >= 4 is 6.09 Å². The van der Waals surface area contributed by atoms with Crippen LogP contribution >= 0.6 is 0 Å². The van der Waals surface area contributed by atoms with E-state index in [0.717, 1.165) is 0 Å². The molecule has 0 aliphatic rings. The van der Waals surface area contributed by atoms with Crippen LogP contribution in [0.5, 0.6) is 0 Å². The average molecular weight is 204 g/mol. The number of nitro groups is 1. The summed E-state index contributed by atoms with van der Waals surface area (Å²) in [6.07, 6.45) is -0.647. The summed E-state index contributed by atoms with van der Waals surface area (Å²) < 4.78 is 4.38. The molecular formula is C8H16N2O4. The summed E-state index contributed by atoms with van der Waals surface area (Å²) in [5.41, 5.74) is -0.374. The molecular weight excluding hydrogens is 188 g/mol. The van der Waals surface area contributed by atoms with Gasteiger partial charge in [0.25, 0.3) is 0 Å². The van der Waals surface area contributed by atoms with Gasteiger partial charge in [-0.2, -0.15) is 0 Å². The van der Waals surface area contributed by atoms with Crippen molar-refractivity contribution in [2.24, 2.45) is 5.41 Å². The minimum atomic E-state index is -0.647. The van der Waals surface area contributed by atoms with E-state index in [4.69, 9.17) is 0 Å². The van der Waals surface area contributed by atoms with E-state index in [1.54, 1.807) is 0 Å². The Morgan fingerprint density at radius 2 is 2.07 bits per heavy atom. The smallest absolute Gasteiger partial charge is 0.407 e. The SMILES string of the molecule is COC(=O)N[C@@H](C[N+](=O)[O-])C(C)(C)C. The maximum Gasteiger partial charge on any atom is 0.407 e. The molecule has 6 heteroatoms. The van der Waals surface area contributed by atoms with Crippen molar-refractivity contribution in [3.05, 3.63) is 10.1 Å². The van der Waals surface area contributed by atoms with Gasteiger partial charge in [0, 0.05) is 4.92 Å². The van der Waals surface area contributed by atoms with Crippen LogP contribution in [0.4, 0.5) is 4.79 Å². The second-order valence-electron chi connectivity index (χ2n) is 4.07. The van der Waals surface area contributed by atoms with Crippen LogP contribution < -0.4 is 5.32 Å². The van der Waals surface area contributed by atoms with Gasteiger partial charge in [-0.1, -0.05) is 20.8 Å². The van der Waals surface area contributed by atoms with Gasteiger partial charge in [-0.15, -0.1) is 0 Å². The third kappa shape index (κ3) is 4.64. The van der Waals surface area contributed by atoms with Crippen molar-refractivity contribution in [2.75, 3.05) is 13.7 Å². The highest BCUT2D eigenvalue weighted by Gasteiger charge is 2.30. The normalized spacial score (nSPS) is 13.1. The fourth-order valence-corrected chi connectivity index (χ4v) is 0.886. The molecule has 0 rings (SSSR count). The molecule has 0 unspecified atom stereocenters. The van der Waals surface area contributed by atoms with Crippen molar-refractivity contribution in [2.45, 2.75) is 26.8 Å². The summed E-state index contributed by atoms with van der Waals surface area (Å²) in [6.45, 7) is 5.14. The van der Waals surface area contributed by atoms with Gasteiger partial charge in [-0.25, -0.2) is 4.79 Å². The number of methoxy groups -OCH3 is 1. The second kappa shape index (κ2) is 4.78. The number of carbonyl (C=O) groups is 1. The Morgan fingerprint density at radius 3 is 2.36 bits per heavy atom. The number of hydrogen-bond donors (Lipinski definition) is 1. The van der Waals surface area contributed by atoms with Crippen molar-refractivity contribution < 1.29 is 14.5 Å². The molecule has 0 spiro atoms. The Bertz CT molecular complexity index is 222. The molecule has 82 valence electrons. The average Bonchev–Trinajstić information content (AvgIpc) is 2.00. The van der Waals surface area contributed by atoms with Crippen molar-refractivity contribution in [1.29, 1.82) is 0 Å². The lowest BCUT2D eigenvalue weighted by atomic mass is 9.87. The van der Waals surface area contributed by atoms with Crippen LogP contribution in [0.3, 0.4) is 0 Å². The molecule has 0 saturated carbocycles. The van der Waals surface area contributed by atoms with Crippen molar-refractivity contribution in [1.82, 2.24) is 5.32 Å². The molecule has 0 saturated heterocycles. The fourth-order valence-electron chi connectivity index (χ4n) is 0.886. The first kappa shape index (κ1) is 12.7. The zero-order chi connectivity index (χ0) is 11.4. The van der Waals surface area contributed by atoms with Crippen molar-refractivity contribution in [3.63, 3.8) is 0 Å². The number of carbonyl (C=O) groups excluding carboxylic acids is 1. The predicted octanol–water partition coefficient (Wildman–Crippen LogP) is 1.03. The van der Waals surface area contributed by atoms with Gasteiger partial charge in [-0.05, 0) is 5.41 Å². The third-order valence-corrected chi connectivity index (χ3v) is 1.85. The van der Waals surface area contributed by atoms with Gasteiger partial charge in [-0.3, -0.25) is 10.1 Å². The molecule has 0 radical (unpaired) electrons. The first-order chi connectivity index (χ1) is 6.27. The Hall–Kier alpha value is -1.33. The Morgan fingerprint density at radius 1 is 1.57 bits per heavy atom. The van der Waals surface area contributed by atoms with Crippen LogP contribution in [0.2, 0.25) is 0 Å². The highest BCUT2D eigenvalue weighted by Crippen LogP contribution is 2.19. The van der Waals surface area contributed by atoms with Gasteiger partial charge in [0.15, 0.2) is 0 Å². The topological polar surface area (TPSA) is 81.5 Å². The summed E-state index contributed by atoms with van der Waals surface area (Å²) in [6, 6.07) is -0.537. The molecule has 0 bridgehead atoms. The van der Waals surface area contributed by atoms with E-state index in [1.807, 2.05) is 20.8 Å². The summed E-state index contributed by atoms with van der Waals surface area (Å²) in [5.74, 6) is 0. The highest BCUT2D eigenvalue weighted by atomic mass is 16.6. The second-order valence-corrected chi connectivity index (χ2v) is 4.07.